The van der Waals surface area contributed by atoms with Crippen LogP contribution in [0.5, 0.6) is 0 Å². The van der Waals surface area contributed by atoms with Gasteiger partial charge in [-0.05, 0) is 87.6 Å². The van der Waals surface area contributed by atoms with Crippen molar-refractivity contribution in [1.29, 1.82) is 0 Å². The Hall–Kier alpha value is -3.26. The number of likely N-dealkylation sites (tertiary alicyclic amines) is 1. The van der Waals surface area contributed by atoms with E-state index < -0.39 is 5.82 Å². The van der Waals surface area contributed by atoms with Crippen LogP contribution in [0.3, 0.4) is 0 Å². The molecule has 2 bridgehead atoms. The zero-order chi connectivity index (χ0) is 26.6. The van der Waals surface area contributed by atoms with E-state index in [0.29, 0.717) is 29.1 Å². The lowest BCUT2D eigenvalue weighted by Gasteiger charge is -2.47. The summed E-state index contributed by atoms with van der Waals surface area (Å²) in [5, 5.41) is 4.65. The van der Waals surface area contributed by atoms with Gasteiger partial charge in [-0.3, -0.25) is 14.6 Å². The van der Waals surface area contributed by atoms with Gasteiger partial charge in [-0.1, -0.05) is 0 Å². The van der Waals surface area contributed by atoms with Gasteiger partial charge in [0.25, 0.3) is 5.91 Å². The Morgan fingerprint density at radius 1 is 1.16 bits per heavy atom. The molecule has 8 heteroatoms. The number of benzene rings is 1. The highest BCUT2D eigenvalue weighted by molar-refractivity contribution is 5.99. The molecule has 1 aliphatic carbocycles. The van der Waals surface area contributed by atoms with E-state index in [9.17, 15) is 14.0 Å². The SMILES string of the molecule is CC(C)N(C)C(=O)c1cc(F)ccc1-n1cc(CC2CN(C(=O)[C@@H]3NC4CCC3CC4)C2)c2ccncc21. The lowest BCUT2D eigenvalue weighted by atomic mass is 9.75. The van der Waals surface area contributed by atoms with E-state index in [0.717, 1.165) is 36.0 Å². The van der Waals surface area contributed by atoms with Crippen LogP contribution < -0.4 is 5.32 Å². The van der Waals surface area contributed by atoms with Gasteiger partial charge in [-0.25, -0.2) is 4.39 Å². The Morgan fingerprint density at radius 3 is 2.61 bits per heavy atom. The van der Waals surface area contributed by atoms with E-state index in [1.807, 2.05) is 29.4 Å². The van der Waals surface area contributed by atoms with Crippen LogP contribution in [-0.4, -0.2) is 69.4 Å². The molecule has 4 fully saturated rings. The molecule has 3 saturated heterocycles. The van der Waals surface area contributed by atoms with Gasteiger partial charge >= 0.3 is 0 Å². The highest BCUT2D eigenvalue weighted by Gasteiger charge is 2.43. The van der Waals surface area contributed by atoms with Crippen LogP contribution in [0, 0.1) is 17.7 Å². The highest BCUT2D eigenvalue weighted by Crippen LogP contribution is 2.36. The molecule has 7 rings (SSSR count). The normalized spacial score (nSPS) is 23.2. The lowest BCUT2D eigenvalue weighted by molar-refractivity contribution is -0.143. The molecule has 4 aliphatic rings. The summed E-state index contributed by atoms with van der Waals surface area (Å²) < 4.78 is 16.3. The fourth-order valence-electron chi connectivity index (χ4n) is 6.49. The molecule has 3 aliphatic heterocycles. The summed E-state index contributed by atoms with van der Waals surface area (Å²) in [6.07, 6.45) is 11.2. The Morgan fingerprint density at radius 2 is 1.92 bits per heavy atom. The van der Waals surface area contributed by atoms with Crippen LogP contribution in [0.2, 0.25) is 0 Å². The largest absolute Gasteiger partial charge is 0.341 e. The van der Waals surface area contributed by atoms with Gasteiger partial charge in [0.2, 0.25) is 5.91 Å². The molecule has 200 valence electrons. The molecule has 1 N–H and O–H groups in total. The van der Waals surface area contributed by atoms with E-state index in [4.69, 9.17) is 0 Å². The van der Waals surface area contributed by atoms with Crippen molar-refractivity contribution < 1.29 is 14.0 Å². The Labute approximate surface area is 223 Å². The number of carbonyl (C=O) groups is 2. The van der Waals surface area contributed by atoms with E-state index >= 15 is 0 Å². The van der Waals surface area contributed by atoms with E-state index in [2.05, 4.69) is 16.5 Å². The molecule has 2 aromatic heterocycles. The van der Waals surface area contributed by atoms with Crippen molar-refractivity contribution in [3.05, 3.63) is 59.8 Å². The topological polar surface area (TPSA) is 70.5 Å². The van der Waals surface area contributed by atoms with Crippen molar-refractivity contribution in [1.82, 2.24) is 24.7 Å². The maximum Gasteiger partial charge on any atom is 0.256 e. The summed E-state index contributed by atoms with van der Waals surface area (Å²) in [4.78, 5) is 34.4. The van der Waals surface area contributed by atoms with Gasteiger partial charge in [0, 0.05) is 50.0 Å². The Balaban J connectivity index is 1.24. The monoisotopic (exact) mass is 517 g/mol. The number of piperidine rings is 2. The molecular weight excluding hydrogens is 481 g/mol. The average molecular weight is 518 g/mol. The van der Waals surface area contributed by atoms with Gasteiger partial charge in [-0.2, -0.15) is 0 Å². The second-order valence-electron chi connectivity index (χ2n) is 11.7. The molecule has 7 nitrogen and oxygen atoms in total. The standard InChI is InChI=1S/C30H36FN5O2/c1-18(2)34(3)29(37)25-13-22(31)6-9-26(25)36-17-21(24-10-11-32-14-27(24)36)12-19-15-35(16-19)30(38)28-20-4-7-23(33-28)8-5-20/h6,9-11,13-14,17-20,23,28,33H,4-5,7-8,12,15-16H2,1-3H3/t20?,23?,28-/m1/s1. The van der Waals surface area contributed by atoms with Gasteiger partial charge in [0.15, 0.2) is 0 Å². The van der Waals surface area contributed by atoms with Gasteiger partial charge < -0.3 is 19.7 Å². The predicted molar refractivity (Wildman–Crippen MR) is 145 cm³/mol. The minimum Gasteiger partial charge on any atom is -0.341 e. The number of carbonyl (C=O) groups excluding carboxylic acids is 2. The van der Waals surface area contributed by atoms with Crippen molar-refractivity contribution in [3.63, 3.8) is 0 Å². The number of pyridine rings is 1. The third kappa shape index (κ3) is 4.38. The number of hydrogen-bond acceptors (Lipinski definition) is 4. The number of rotatable bonds is 6. The first-order chi connectivity index (χ1) is 18.3. The summed E-state index contributed by atoms with van der Waals surface area (Å²) in [6, 6.07) is 6.87. The number of hydrogen-bond donors (Lipinski definition) is 1. The van der Waals surface area contributed by atoms with Crippen molar-refractivity contribution in [2.45, 2.75) is 64.1 Å². The first kappa shape index (κ1) is 25.0. The van der Waals surface area contributed by atoms with Crippen molar-refractivity contribution in [2.24, 2.45) is 11.8 Å². The van der Waals surface area contributed by atoms with E-state index in [-0.39, 0.29) is 23.9 Å². The van der Waals surface area contributed by atoms with Gasteiger partial charge in [0.1, 0.15) is 5.82 Å². The fourth-order valence-corrected chi connectivity index (χ4v) is 6.49. The van der Waals surface area contributed by atoms with Gasteiger partial charge in [-0.15, -0.1) is 0 Å². The number of nitrogens with one attached hydrogen (secondary N) is 1. The first-order valence-electron chi connectivity index (χ1n) is 13.9. The zero-order valence-corrected chi connectivity index (χ0v) is 22.4. The molecule has 1 atom stereocenters. The molecule has 0 spiro atoms. The lowest BCUT2D eigenvalue weighted by Crippen LogP contribution is -2.63. The number of amides is 2. The maximum atomic E-state index is 14.3. The second kappa shape index (κ2) is 9.80. The highest BCUT2D eigenvalue weighted by atomic mass is 19.1. The fraction of sp³-hybridized carbons (Fsp3) is 0.500. The van der Waals surface area contributed by atoms with Crippen LogP contribution >= 0.6 is 0 Å². The van der Waals surface area contributed by atoms with Crippen LogP contribution in [0.15, 0.2) is 42.9 Å². The van der Waals surface area contributed by atoms with Crippen molar-refractivity contribution >= 4 is 22.7 Å². The molecular formula is C30H36FN5O2. The second-order valence-corrected chi connectivity index (χ2v) is 11.7. The molecule has 5 heterocycles. The zero-order valence-electron chi connectivity index (χ0n) is 22.4. The summed E-state index contributed by atoms with van der Waals surface area (Å²) in [7, 11) is 1.74. The van der Waals surface area contributed by atoms with Crippen molar-refractivity contribution in [2.75, 3.05) is 20.1 Å². The van der Waals surface area contributed by atoms with Crippen molar-refractivity contribution in [3.8, 4) is 5.69 Å². The van der Waals surface area contributed by atoms with Crippen LogP contribution in [0.1, 0.15) is 55.5 Å². The number of aromatic nitrogens is 2. The summed E-state index contributed by atoms with van der Waals surface area (Å²) >= 11 is 0. The average Bonchev–Trinajstić information content (AvgIpc) is 3.28. The minimum atomic E-state index is -0.441. The molecule has 1 saturated carbocycles. The van der Waals surface area contributed by atoms with Crippen LogP contribution in [-0.2, 0) is 11.2 Å². The quantitative estimate of drug-likeness (QED) is 0.533. The number of fused-ring (bicyclic) bond motifs is 4. The summed E-state index contributed by atoms with van der Waals surface area (Å²) in [6.45, 7) is 5.41. The molecule has 0 unspecified atom stereocenters. The van der Waals surface area contributed by atoms with Crippen LogP contribution in [0.25, 0.3) is 16.6 Å². The molecule has 2 amide bonds. The molecule has 1 aromatic carbocycles. The Kier molecular flexibility index (Phi) is 6.46. The third-order valence-corrected chi connectivity index (χ3v) is 8.94. The molecule has 3 aromatic rings. The number of halogens is 1. The third-order valence-electron chi connectivity index (χ3n) is 8.94. The minimum absolute atomic E-state index is 0.00478. The smallest absolute Gasteiger partial charge is 0.256 e. The Bertz CT molecular complexity index is 1370. The predicted octanol–water partition coefficient (Wildman–Crippen LogP) is 4.18. The molecule has 0 radical (unpaired) electrons. The van der Waals surface area contributed by atoms with Crippen LogP contribution in [0.4, 0.5) is 4.39 Å². The first-order valence-corrected chi connectivity index (χ1v) is 13.9. The number of nitrogens with zero attached hydrogens (tertiary/aromatic N) is 4. The summed E-state index contributed by atoms with van der Waals surface area (Å²) in [5.74, 6) is 0.475. The summed E-state index contributed by atoms with van der Waals surface area (Å²) in [5.41, 5.74) is 2.99. The maximum absolute atomic E-state index is 14.3. The molecule has 38 heavy (non-hydrogen) atoms. The van der Waals surface area contributed by atoms with Gasteiger partial charge in [0.05, 0.1) is 29.0 Å². The van der Waals surface area contributed by atoms with E-state index in [1.54, 1.807) is 30.4 Å². The van der Waals surface area contributed by atoms with E-state index in [1.165, 1.54) is 37.8 Å².